The number of carbonyl (C=O) groups is 1. The highest BCUT2D eigenvalue weighted by Gasteiger charge is 2.23. The number of ether oxygens (including phenoxy) is 1. The largest absolute Gasteiger partial charge is 0.497 e. The van der Waals surface area contributed by atoms with Gasteiger partial charge >= 0.3 is 0 Å². The summed E-state index contributed by atoms with van der Waals surface area (Å²) in [6.45, 7) is 0.868. The van der Waals surface area contributed by atoms with E-state index in [2.05, 4.69) is 5.16 Å². The summed E-state index contributed by atoms with van der Waals surface area (Å²) in [4.78, 5) is 13.7. The third kappa shape index (κ3) is 2.83. The van der Waals surface area contributed by atoms with Crippen LogP contribution in [0.1, 0.15) is 23.2 Å². The van der Waals surface area contributed by atoms with Crippen molar-refractivity contribution in [1.82, 2.24) is 4.90 Å². The second kappa shape index (κ2) is 5.69. The molecule has 1 aliphatic rings. The van der Waals surface area contributed by atoms with E-state index in [0.29, 0.717) is 37.4 Å². The van der Waals surface area contributed by atoms with Gasteiger partial charge < -0.3 is 14.8 Å². The van der Waals surface area contributed by atoms with E-state index in [1.807, 2.05) is 0 Å². The lowest BCUT2D eigenvalue weighted by atomic mass is 10.1. The van der Waals surface area contributed by atoms with E-state index in [-0.39, 0.29) is 11.5 Å². The Morgan fingerprint density at radius 2 is 2.11 bits per heavy atom. The van der Waals surface area contributed by atoms with Gasteiger partial charge in [-0.1, -0.05) is 5.16 Å². The number of hydrogen-bond acceptors (Lipinski definition) is 4. The van der Waals surface area contributed by atoms with Crippen LogP contribution < -0.4 is 4.74 Å². The predicted octanol–water partition coefficient (Wildman–Crippen LogP) is 1.90. The van der Waals surface area contributed by atoms with Gasteiger partial charge in [0.15, 0.2) is 0 Å². The monoisotopic (exact) mass is 266 g/mol. The Kier molecular flexibility index (Phi) is 3.99. The standard InChI is InChI=1S/C13H15FN2O3/c1-19-10-2-3-11(12(14)8-10)13(17)16-6-4-9(15-18)5-7-16/h2-3,8,18H,4-7H2,1H3. The molecule has 2 rings (SSSR count). The molecule has 5 nitrogen and oxygen atoms in total. The molecule has 1 aliphatic heterocycles. The first-order valence-corrected chi connectivity index (χ1v) is 5.98. The normalized spacial score (nSPS) is 15.3. The Balaban J connectivity index is 2.12. The molecule has 0 spiro atoms. The summed E-state index contributed by atoms with van der Waals surface area (Å²) in [7, 11) is 1.44. The minimum Gasteiger partial charge on any atom is -0.497 e. The number of amides is 1. The number of carbonyl (C=O) groups excluding carboxylic acids is 1. The quantitative estimate of drug-likeness (QED) is 0.657. The minimum atomic E-state index is -0.592. The summed E-state index contributed by atoms with van der Waals surface area (Å²) in [5.41, 5.74) is 0.699. The molecular weight excluding hydrogens is 251 g/mol. The molecule has 19 heavy (non-hydrogen) atoms. The Morgan fingerprint density at radius 1 is 1.42 bits per heavy atom. The molecule has 1 amide bonds. The van der Waals surface area contributed by atoms with Gasteiger partial charge in [-0.15, -0.1) is 0 Å². The van der Waals surface area contributed by atoms with Crippen LogP contribution >= 0.6 is 0 Å². The number of oxime groups is 1. The van der Waals surface area contributed by atoms with Gasteiger partial charge in [0.1, 0.15) is 11.6 Å². The van der Waals surface area contributed by atoms with Crippen molar-refractivity contribution in [2.24, 2.45) is 5.16 Å². The van der Waals surface area contributed by atoms with Gasteiger partial charge in [-0.25, -0.2) is 4.39 Å². The predicted molar refractivity (Wildman–Crippen MR) is 67.3 cm³/mol. The summed E-state index contributed by atoms with van der Waals surface area (Å²) < 4.78 is 18.7. The molecule has 6 heteroatoms. The average molecular weight is 266 g/mol. The molecule has 0 unspecified atom stereocenters. The summed E-state index contributed by atoms with van der Waals surface area (Å²) in [6.07, 6.45) is 1.03. The van der Waals surface area contributed by atoms with Crippen molar-refractivity contribution < 1.29 is 19.1 Å². The van der Waals surface area contributed by atoms with E-state index in [9.17, 15) is 9.18 Å². The number of nitrogens with zero attached hydrogens (tertiary/aromatic N) is 2. The molecule has 1 aromatic rings. The molecule has 1 fully saturated rings. The fourth-order valence-corrected chi connectivity index (χ4v) is 2.03. The van der Waals surface area contributed by atoms with Crippen molar-refractivity contribution in [3.05, 3.63) is 29.6 Å². The molecule has 102 valence electrons. The van der Waals surface area contributed by atoms with E-state index in [4.69, 9.17) is 9.94 Å². The lowest BCUT2D eigenvalue weighted by Gasteiger charge is -2.27. The Morgan fingerprint density at radius 3 is 2.63 bits per heavy atom. The number of piperidine rings is 1. The van der Waals surface area contributed by atoms with E-state index < -0.39 is 5.82 Å². The van der Waals surface area contributed by atoms with Gasteiger partial charge in [-0.05, 0) is 12.1 Å². The van der Waals surface area contributed by atoms with Gasteiger partial charge in [0, 0.05) is 32.0 Å². The lowest BCUT2D eigenvalue weighted by molar-refractivity contribution is 0.0749. The number of halogens is 1. The molecule has 1 heterocycles. The van der Waals surface area contributed by atoms with E-state index in [1.54, 1.807) is 11.0 Å². The molecular formula is C13H15FN2O3. The topological polar surface area (TPSA) is 62.1 Å². The number of methoxy groups -OCH3 is 1. The highest BCUT2D eigenvalue weighted by Crippen LogP contribution is 2.19. The molecule has 1 aromatic carbocycles. The van der Waals surface area contributed by atoms with Crippen LogP contribution in [0.3, 0.4) is 0 Å². The maximum atomic E-state index is 13.8. The van der Waals surface area contributed by atoms with Crippen LogP contribution in [0.15, 0.2) is 23.4 Å². The van der Waals surface area contributed by atoms with Crippen molar-refractivity contribution in [3.8, 4) is 5.75 Å². The summed E-state index contributed by atoms with van der Waals surface area (Å²) >= 11 is 0. The number of hydrogen-bond donors (Lipinski definition) is 1. The summed E-state index contributed by atoms with van der Waals surface area (Å²) in [5.74, 6) is -0.564. The van der Waals surface area contributed by atoms with Gasteiger partial charge in [-0.2, -0.15) is 0 Å². The van der Waals surface area contributed by atoms with Gasteiger partial charge in [0.05, 0.1) is 18.4 Å². The molecule has 1 N–H and O–H groups in total. The molecule has 1 saturated heterocycles. The van der Waals surface area contributed by atoms with Crippen molar-refractivity contribution in [3.63, 3.8) is 0 Å². The summed E-state index contributed by atoms with van der Waals surface area (Å²) in [5, 5.41) is 11.8. The zero-order valence-corrected chi connectivity index (χ0v) is 10.6. The van der Waals surface area contributed by atoms with Crippen LogP contribution in [0.25, 0.3) is 0 Å². The number of benzene rings is 1. The molecule has 0 saturated carbocycles. The minimum absolute atomic E-state index is 0.0326. The van der Waals surface area contributed by atoms with E-state index in [0.717, 1.165) is 0 Å². The molecule has 0 aliphatic carbocycles. The zero-order valence-electron chi connectivity index (χ0n) is 10.6. The lowest BCUT2D eigenvalue weighted by Crippen LogP contribution is -2.39. The van der Waals surface area contributed by atoms with Crippen molar-refractivity contribution in [1.29, 1.82) is 0 Å². The fourth-order valence-electron chi connectivity index (χ4n) is 2.03. The van der Waals surface area contributed by atoms with Crippen molar-refractivity contribution >= 4 is 11.6 Å². The Hall–Kier alpha value is -2.11. The smallest absolute Gasteiger partial charge is 0.256 e. The maximum Gasteiger partial charge on any atom is 0.256 e. The fraction of sp³-hybridized carbons (Fsp3) is 0.385. The van der Waals surface area contributed by atoms with Crippen LogP contribution in [0, 0.1) is 5.82 Å². The molecule has 0 atom stereocenters. The van der Waals surface area contributed by atoms with Gasteiger partial charge in [0.2, 0.25) is 0 Å². The molecule has 0 aromatic heterocycles. The second-order valence-corrected chi connectivity index (χ2v) is 4.30. The van der Waals surface area contributed by atoms with E-state index >= 15 is 0 Å². The second-order valence-electron chi connectivity index (χ2n) is 4.30. The number of likely N-dealkylation sites (tertiary alicyclic amines) is 1. The van der Waals surface area contributed by atoms with Gasteiger partial charge in [0.25, 0.3) is 5.91 Å². The third-order valence-corrected chi connectivity index (χ3v) is 3.18. The first kappa shape index (κ1) is 13.3. The average Bonchev–Trinajstić information content (AvgIpc) is 2.46. The third-order valence-electron chi connectivity index (χ3n) is 3.18. The van der Waals surface area contributed by atoms with Crippen molar-refractivity contribution in [2.45, 2.75) is 12.8 Å². The molecule has 0 bridgehead atoms. The van der Waals surface area contributed by atoms with Crippen LogP contribution in [-0.2, 0) is 0 Å². The van der Waals surface area contributed by atoms with Crippen LogP contribution in [0.5, 0.6) is 5.75 Å². The maximum absolute atomic E-state index is 13.8. The molecule has 0 radical (unpaired) electrons. The van der Waals surface area contributed by atoms with Crippen LogP contribution in [-0.4, -0.2) is 41.9 Å². The Labute approximate surface area is 110 Å². The van der Waals surface area contributed by atoms with Crippen molar-refractivity contribution in [2.75, 3.05) is 20.2 Å². The van der Waals surface area contributed by atoms with Crippen LogP contribution in [0.2, 0.25) is 0 Å². The van der Waals surface area contributed by atoms with Crippen LogP contribution in [0.4, 0.5) is 4.39 Å². The first-order chi connectivity index (χ1) is 9.15. The summed E-state index contributed by atoms with van der Waals surface area (Å²) in [6, 6.07) is 4.17. The Bertz CT molecular complexity index is 507. The highest BCUT2D eigenvalue weighted by atomic mass is 19.1. The number of rotatable bonds is 2. The highest BCUT2D eigenvalue weighted by molar-refractivity contribution is 5.96. The SMILES string of the molecule is COc1ccc(C(=O)N2CCC(=NO)CC2)c(F)c1. The van der Waals surface area contributed by atoms with Gasteiger partial charge in [-0.3, -0.25) is 4.79 Å². The van der Waals surface area contributed by atoms with E-state index in [1.165, 1.54) is 19.2 Å². The first-order valence-electron chi connectivity index (χ1n) is 5.98. The zero-order chi connectivity index (χ0) is 13.8.